The Bertz CT molecular complexity index is 563. The summed E-state index contributed by atoms with van der Waals surface area (Å²) in [5, 5.41) is 9.33. The quantitative estimate of drug-likeness (QED) is 0.864. The molecule has 1 N–H and O–H groups in total. The number of ether oxygens (including phenoxy) is 1. The number of benzene rings is 2. The normalized spacial score (nSPS) is 11.4. The van der Waals surface area contributed by atoms with Crippen molar-refractivity contribution < 1.29 is 9.84 Å². The molecule has 19 heavy (non-hydrogen) atoms. The highest BCUT2D eigenvalue weighted by Crippen LogP contribution is 2.34. The number of phenolic OH excluding ortho intramolecular Hbond substituents is 1. The molecule has 0 aromatic heterocycles. The number of rotatable bonds is 2. The molecule has 0 spiro atoms. The van der Waals surface area contributed by atoms with Crippen LogP contribution in [0.5, 0.6) is 11.5 Å². The van der Waals surface area contributed by atoms with Gasteiger partial charge in [-0.05, 0) is 40.3 Å². The van der Waals surface area contributed by atoms with E-state index in [0.717, 1.165) is 16.9 Å². The molecule has 2 rings (SSSR count). The third-order valence-electron chi connectivity index (χ3n) is 3.21. The first-order valence-corrected chi connectivity index (χ1v) is 6.40. The van der Waals surface area contributed by atoms with Gasteiger partial charge in [0.15, 0.2) is 0 Å². The van der Waals surface area contributed by atoms with E-state index in [0.29, 0.717) is 0 Å². The Morgan fingerprint density at radius 3 is 2.00 bits per heavy atom. The van der Waals surface area contributed by atoms with Crippen molar-refractivity contribution in [1.29, 1.82) is 0 Å². The van der Waals surface area contributed by atoms with Gasteiger partial charge in [-0.3, -0.25) is 0 Å². The summed E-state index contributed by atoms with van der Waals surface area (Å²) in [6.07, 6.45) is 0. The Hall–Kier alpha value is -1.96. The molecule has 0 unspecified atom stereocenters. The minimum Gasteiger partial charge on any atom is -0.508 e. The van der Waals surface area contributed by atoms with Crippen molar-refractivity contribution in [3.63, 3.8) is 0 Å². The van der Waals surface area contributed by atoms with E-state index in [-0.39, 0.29) is 11.2 Å². The number of aromatic hydroxyl groups is 1. The molecule has 2 aromatic rings. The van der Waals surface area contributed by atoms with Crippen LogP contribution in [0.3, 0.4) is 0 Å². The van der Waals surface area contributed by atoms with E-state index in [1.807, 2.05) is 18.2 Å². The third-order valence-corrected chi connectivity index (χ3v) is 3.21. The molecule has 0 atom stereocenters. The maximum Gasteiger partial charge on any atom is 0.123 e. The smallest absolute Gasteiger partial charge is 0.123 e. The Morgan fingerprint density at radius 1 is 0.895 bits per heavy atom. The minimum atomic E-state index is 0.0544. The highest BCUT2D eigenvalue weighted by Gasteiger charge is 2.19. The molecule has 0 aliphatic rings. The summed E-state index contributed by atoms with van der Waals surface area (Å²) in [5.74, 6) is 1.18. The second-order valence-corrected chi connectivity index (χ2v) is 5.71. The maximum atomic E-state index is 9.33. The van der Waals surface area contributed by atoms with Gasteiger partial charge in [-0.15, -0.1) is 0 Å². The van der Waals surface area contributed by atoms with Gasteiger partial charge in [0, 0.05) is 0 Å². The predicted octanol–water partition coefficient (Wildman–Crippen LogP) is 4.37. The fourth-order valence-electron chi connectivity index (χ4n) is 2.14. The average Bonchev–Trinajstić information content (AvgIpc) is 2.38. The minimum absolute atomic E-state index is 0.0544. The second-order valence-electron chi connectivity index (χ2n) is 5.71. The summed E-state index contributed by atoms with van der Waals surface area (Å²) >= 11 is 0. The van der Waals surface area contributed by atoms with Gasteiger partial charge in [-0.2, -0.15) is 0 Å². The van der Waals surface area contributed by atoms with E-state index < -0.39 is 0 Å². The SMILES string of the molecule is COc1cc(-c2ccc(O)cc2)ccc1C(C)(C)C. The Kier molecular flexibility index (Phi) is 3.52. The van der Waals surface area contributed by atoms with Crippen LogP contribution in [-0.2, 0) is 5.41 Å². The van der Waals surface area contributed by atoms with Gasteiger partial charge >= 0.3 is 0 Å². The summed E-state index contributed by atoms with van der Waals surface area (Å²) in [4.78, 5) is 0. The first-order chi connectivity index (χ1) is 8.91. The molecule has 0 aliphatic carbocycles. The van der Waals surface area contributed by atoms with Crippen molar-refractivity contribution in [2.24, 2.45) is 0 Å². The van der Waals surface area contributed by atoms with Crippen LogP contribution in [0.25, 0.3) is 11.1 Å². The summed E-state index contributed by atoms with van der Waals surface area (Å²) in [6, 6.07) is 13.4. The fourth-order valence-corrected chi connectivity index (χ4v) is 2.14. The lowest BCUT2D eigenvalue weighted by atomic mass is 9.85. The van der Waals surface area contributed by atoms with Gasteiger partial charge in [-0.25, -0.2) is 0 Å². The van der Waals surface area contributed by atoms with Crippen molar-refractivity contribution in [3.8, 4) is 22.6 Å². The highest BCUT2D eigenvalue weighted by atomic mass is 16.5. The summed E-state index contributed by atoms with van der Waals surface area (Å²) < 4.78 is 5.51. The van der Waals surface area contributed by atoms with Gasteiger partial charge in [-0.1, -0.05) is 45.0 Å². The first-order valence-electron chi connectivity index (χ1n) is 6.40. The molecule has 0 bridgehead atoms. The fraction of sp³-hybridized carbons (Fsp3) is 0.294. The Labute approximate surface area is 114 Å². The van der Waals surface area contributed by atoms with E-state index in [1.165, 1.54) is 5.56 Å². The summed E-state index contributed by atoms with van der Waals surface area (Å²) in [5.41, 5.74) is 3.40. The van der Waals surface area contributed by atoms with Crippen molar-refractivity contribution in [2.45, 2.75) is 26.2 Å². The van der Waals surface area contributed by atoms with E-state index in [2.05, 4.69) is 32.9 Å². The largest absolute Gasteiger partial charge is 0.508 e. The van der Waals surface area contributed by atoms with Gasteiger partial charge in [0.05, 0.1) is 7.11 Å². The van der Waals surface area contributed by atoms with Crippen molar-refractivity contribution in [3.05, 3.63) is 48.0 Å². The van der Waals surface area contributed by atoms with Crippen LogP contribution < -0.4 is 4.74 Å². The molecule has 2 heteroatoms. The Balaban J connectivity index is 2.47. The second kappa shape index (κ2) is 4.96. The van der Waals surface area contributed by atoms with Crippen molar-refractivity contribution in [2.75, 3.05) is 7.11 Å². The van der Waals surface area contributed by atoms with Crippen LogP contribution >= 0.6 is 0 Å². The van der Waals surface area contributed by atoms with E-state index in [4.69, 9.17) is 4.74 Å². The molecule has 0 aliphatic heterocycles. The lowest BCUT2D eigenvalue weighted by molar-refractivity contribution is 0.398. The monoisotopic (exact) mass is 256 g/mol. The molecule has 0 heterocycles. The maximum absolute atomic E-state index is 9.33. The zero-order valence-corrected chi connectivity index (χ0v) is 11.9. The van der Waals surface area contributed by atoms with E-state index >= 15 is 0 Å². The van der Waals surface area contributed by atoms with Gasteiger partial charge in [0.1, 0.15) is 11.5 Å². The number of methoxy groups -OCH3 is 1. The van der Waals surface area contributed by atoms with Gasteiger partial charge < -0.3 is 9.84 Å². The molecule has 2 aromatic carbocycles. The number of phenols is 1. The van der Waals surface area contributed by atoms with E-state index in [9.17, 15) is 5.11 Å². The van der Waals surface area contributed by atoms with Crippen LogP contribution in [0, 0.1) is 0 Å². The molecule has 0 amide bonds. The molecule has 100 valence electrons. The first kappa shape index (κ1) is 13.5. The average molecular weight is 256 g/mol. The summed E-state index contributed by atoms with van der Waals surface area (Å²) in [7, 11) is 1.70. The van der Waals surface area contributed by atoms with Gasteiger partial charge in [0.25, 0.3) is 0 Å². The van der Waals surface area contributed by atoms with Crippen LogP contribution in [-0.4, -0.2) is 12.2 Å². The number of hydrogen-bond acceptors (Lipinski definition) is 2. The standard InChI is InChI=1S/C17H20O2/c1-17(2,3)15-10-7-13(11-16(15)19-4)12-5-8-14(18)9-6-12/h5-11,18H,1-4H3. The lowest BCUT2D eigenvalue weighted by Gasteiger charge is -2.22. The zero-order valence-electron chi connectivity index (χ0n) is 11.9. The van der Waals surface area contributed by atoms with Gasteiger partial charge in [0.2, 0.25) is 0 Å². The number of hydrogen-bond donors (Lipinski definition) is 1. The predicted molar refractivity (Wildman–Crippen MR) is 78.8 cm³/mol. The van der Waals surface area contributed by atoms with E-state index in [1.54, 1.807) is 19.2 Å². The van der Waals surface area contributed by atoms with Crippen LogP contribution in [0.1, 0.15) is 26.3 Å². The Morgan fingerprint density at radius 2 is 1.47 bits per heavy atom. The third kappa shape index (κ3) is 2.90. The van der Waals surface area contributed by atoms with Crippen LogP contribution in [0.2, 0.25) is 0 Å². The van der Waals surface area contributed by atoms with Crippen molar-refractivity contribution in [1.82, 2.24) is 0 Å². The molecule has 2 nitrogen and oxygen atoms in total. The molecule has 0 fully saturated rings. The molecular weight excluding hydrogens is 236 g/mol. The molecular formula is C17H20O2. The lowest BCUT2D eigenvalue weighted by Crippen LogP contribution is -2.12. The van der Waals surface area contributed by atoms with Crippen LogP contribution in [0.15, 0.2) is 42.5 Å². The topological polar surface area (TPSA) is 29.5 Å². The molecule has 0 saturated carbocycles. The molecule has 0 radical (unpaired) electrons. The zero-order chi connectivity index (χ0) is 14.0. The molecule has 0 saturated heterocycles. The summed E-state index contributed by atoms with van der Waals surface area (Å²) in [6.45, 7) is 6.52. The van der Waals surface area contributed by atoms with Crippen LogP contribution in [0.4, 0.5) is 0 Å². The van der Waals surface area contributed by atoms with Crippen molar-refractivity contribution >= 4 is 0 Å². The highest BCUT2D eigenvalue weighted by molar-refractivity contribution is 5.67.